The van der Waals surface area contributed by atoms with Crippen molar-refractivity contribution in [3.05, 3.63) is 89.7 Å². The number of sulfonamides is 1. The second-order valence-corrected chi connectivity index (χ2v) is 9.14. The van der Waals surface area contributed by atoms with Gasteiger partial charge in [-0.1, -0.05) is 35.9 Å². The maximum Gasteiger partial charge on any atom is 0.261 e. The van der Waals surface area contributed by atoms with E-state index in [1.165, 1.54) is 6.07 Å². The van der Waals surface area contributed by atoms with Gasteiger partial charge in [-0.3, -0.25) is 9.52 Å². The van der Waals surface area contributed by atoms with Crippen molar-refractivity contribution in [1.82, 2.24) is 0 Å². The lowest BCUT2D eigenvalue weighted by molar-refractivity contribution is -0.117. The van der Waals surface area contributed by atoms with Gasteiger partial charge in [0.2, 0.25) is 5.91 Å². The van der Waals surface area contributed by atoms with Crippen LogP contribution < -0.4 is 10.0 Å². The second-order valence-electron chi connectivity index (χ2n) is 7.46. The molecule has 0 saturated heterocycles. The molecule has 1 aliphatic carbocycles. The van der Waals surface area contributed by atoms with Gasteiger partial charge in [0.1, 0.15) is 5.82 Å². The molecule has 0 aromatic heterocycles. The molecule has 1 saturated carbocycles. The highest BCUT2D eigenvalue weighted by Gasteiger charge is 2.45. The number of nitrogens with one attached hydrogen (secondary N) is 2. The average Bonchev–Trinajstić information content (AvgIpc) is 3.51. The molecular formula is C23H21FN2O3S. The van der Waals surface area contributed by atoms with E-state index in [-0.39, 0.29) is 28.5 Å². The van der Waals surface area contributed by atoms with Gasteiger partial charge in [0.25, 0.3) is 10.0 Å². The Labute approximate surface area is 175 Å². The fraction of sp³-hybridized carbons (Fsp3) is 0.174. The van der Waals surface area contributed by atoms with Crippen LogP contribution in [0.2, 0.25) is 0 Å². The first-order valence-electron chi connectivity index (χ1n) is 9.58. The van der Waals surface area contributed by atoms with Crippen molar-refractivity contribution in [3.63, 3.8) is 0 Å². The number of rotatable bonds is 6. The molecule has 1 fully saturated rings. The molecule has 0 radical (unpaired) electrons. The van der Waals surface area contributed by atoms with Gasteiger partial charge in [-0.2, -0.15) is 0 Å². The molecule has 30 heavy (non-hydrogen) atoms. The molecule has 4 rings (SSSR count). The van der Waals surface area contributed by atoms with Crippen molar-refractivity contribution in [2.45, 2.75) is 24.2 Å². The number of carbonyl (C=O) groups is 1. The minimum absolute atomic E-state index is 0.105. The molecule has 154 valence electrons. The van der Waals surface area contributed by atoms with Gasteiger partial charge in [-0.15, -0.1) is 0 Å². The van der Waals surface area contributed by atoms with Crippen molar-refractivity contribution in [3.8, 4) is 0 Å². The Kier molecular flexibility index (Phi) is 5.30. The molecule has 5 nitrogen and oxygen atoms in total. The number of carbonyl (C=O) groups excluding carboxylic acids is 1. The van der Waals surface area contributed by atoms with Crippen LogP contribution in [0, 0.1) is 18.7 Å². The minimum atomic E-state index is -3.68. The molecule has 1 amide bonds. The summed E-state index contributed by atoms with van der Waals surface area (Å²) in [6.07, 6.45) is 0.612. The van der Waals surface area contributed by atoms with Crippen molar-refractivity contribution in [2.75, 3.05) is 10.0 Å². The Morgan fingerprint density at radius 1 is 0.933 bits per heavy atom. The summed E-state index contributed by atoms with van der Waals surface area (Å²) in [5, 5.41) is 2.81. The molecule has 2 N–H and O–H groups in total. The van der Waals surface area contributed by atoms with Crippen LogP contribution in [0.4, 0.5) is 15.8 Å². The Morgan fingerprint density at radius 3 is 2.23 bits per heavy atom. The van der Waals surface area contributed by atoms with Crippen molar-refractivity contribution < 1.29 is 17.6 Å². The monoisotopic (exact) mass is 424 g/mol. The molecule has 7 heteroatoms. The lowest BCUT2D eigenvalue weighted by Gasteiger charge is -2.10. The number of hydrogen-bond acceptors (Lipinski definition) is 3. The first-order valence-corrected chi connectivity index (χ1v) is 11.1. The quantitative estimate of drug-likeness (QED) is 0.603. The number of benzene rings is 3. The number of amides is 1. The van der Waals surface area contributed by atoms with Gasteiger partial charge in [0, 0.05) is 17.3 Å². The zero-order valence-corrected chi connectivity index (χ0v) is 17.1. The van der Waals surface area contributed by atoms with Gasteiger partial charge in [-0.05, 0) is 67.3 Å². The Balaban J connectivity index is 1.38. The van der Waals surface area contributed by atoms with Crippen LogP contribution in [-0.2, 0) is 14.8 Å². The third-order valence-electron chi connectivity index (χ3n) is 5.17. The third-order valence-corrected chi connectivity index (χ3v) is 6.57. The van der Waals surface area contributed by atoms with E-state index in [1.54, 1.807) is 66.7 Å². The van der Waals surface area contributed by atoms with Crippen LogP contribution in [0.5, 0.6) is 0 Å². The van der Waals surface area contributed by atoms with E-state index < -0.39 is 10.0 Å². The van der Waals surface area contributed by atoms with Crippen molar-refractivity contribution >= 4 is 27.3 Å². The third kappa shape index (κ3) is 4.36. The SMILES string of the molecule is Cc1ccc(S(=O)(=O)Nc2ccc(NC(=O)C3CC3c3ccccc3F)cc2)cc1. The summed E-state index contributed by atoms with van der Waals surface area (Å²) in [5.74, 6) is -0.826. The molecule has 0 spiro atoms. The van der Waals surface area contributed by atoms with Gasteiger partial charge < -0.3 is 5.32 Å². The van der Waals surface area contributed by atoms with E-state index in [4.69, 9.17) is 0 Å². The maximum atomic E-state index is 13.9. The molecule has 2 unspecified atom stereocenters. The normalized spacial score (nSPS) is 17.9. The lowest BCUT2D eigenvalue weighted by Crippen LogP contribution is -2.15. The zero-order valence-electron chi connectivity index (χ0n) is 16.3. The first kappa shape index (κ1) is 20.1. The Hall–Kier alpha value is -3.19. The first-order chi connectivity index (χ1) is 14.3. The predicted octanol–water partition coefficient (Wildman–Crippen LogP) is 4.68. The summed E-state index contributed by atoms with van der Waals surface area (Å²) in [6.45, 7) is 1.89. The number of aryl methyl sites for hydroxylation is 1. The molecule has 3 aromatic rings. The maximum absolute atomic E-state index is 13.9. The number of halogens is 1. The highest BCUT2D eigenvalue weighted by atomic mass is 32.2. The van der Waals surface area contributed by atoms with Crippen LogP contribution in [-0.4, -0.2) is 14.3 Å². The van der Waals surface area contributed by atoms with E-state index in [9.17, 15) is 17.6 Å². The zero-order chi connectivity index (χ0) is 21.3. The standard InChI is InChI=1S/C23H21FN2O3S/c1-15-6-12-18(13-7-15)30(28,29)26-17-10-8-16(9-11-17)25-23(27)21-14-20(21)19-4-2-3-5-22(19)24/h2-13,20-21,26H,14H2,1H3,(H,25,27). The summed E-state index contributed by atoms with van der Waals surface area (Å²) in [6, 6.07) is 19.5. The van der Waals surface area contributed by atoms with Gasteiger partial charge in [0.05, 0.1) is 4.90 Å². The van der Waals surface area contributed by atoms with E-state index in [0.717, 1.165) is 5.56 Å². The Bertz CT molecular complexity index is 1180. The lowest BCUT2D eigenvalue weighted by atomic mass is 10.1. The number of anilines is 2. The molecular weight excluding hydrogens is 403 g/mol. The van der Waals surface area contributed by atoms with Crippen LogP contribution in [0.15, 0.2) is 77.7 Å². The summed E-state index contributed by atoms with van der Waals surface area (Å²) < 4.78 is 41.3. The van der Waals surface area contributed by atoms with Crippen molar-refractivity contribution in [1.29, 1.82) is 0 Å². The Morgan fingerprint density at radius 2 is 1.57 bits per heavy atom. The molecule has 3 aromatic carbocycles. The molecule has 0 aliphatic heterocycles. The van der Waals surface area contributed by atoms with Gasteiger partial charge >= 0.3 is 0 Å². The highest BCUT2D eigenvalue weighted by Crippen LogP contribution is 2.48. The summed E-state index contributed by atoms with van der Waals surface area (Å²) in [5.41, 5.74) is 2.49. The van der Waals surface area contributed by atoms with Crippen LogP contribution in [0.3, 0.4) is 0 Å². The van der Waals surface area contributed by atoms with Crippen LogP contribution in [0.25, 0.3) is 0 Å². The van der Waals surface area contributed by atoms with Crippen molar-refractivity contribution in [2.24, 2.45) is 5.92 Å². The topological polar surface area (TPSA) is 75.3 Å². The number of hydrogen-bond donors (Lipinski definition) is 2. The molecule has 0 bridgehead atoms. The fourth-order valence-electron chi connectivity index (χ4n) is 3.39. The molecule has 1 aliphatic rings. The fourth-order valence-corrected chi connectivity index (χ4v) is 4.45. The summed E-state index contributed by atoms with van der Waals surface area (Å²) in [7, 11) is -3.68. The van der Waals surface area contributed by atoms with E-state index in [0.29, 0.717) is 23.4 Å². The smallest absolute Gasteiger partial charge is 0.261 e. The van der Waals surface area contributed by atoms with Crippen LogP contribution in [0.1, 0.15) is 23.5 Å². The van der Waals surface area contributed by atoms with E-state index >= 15 is 0 Å². The average molecular weight is 424 g/mol. The van der Waals surface area contributed by atoms with Crippen LogP contribution >= 0.6 is 0 Å². The molecule has 0 heterocycles. The second kappa shape index (κ2) is 7.91. The van der Waals surface area contributed by atoms with Gasteiger partial charge in [-0.25, -0.2) is 12.8 Å². The largest absolute Gasteiger partial charge is 0.326 e. The molecule has 2 atom stereocenters. The van der Waals surface area contributed by atoms with Gasteiger partial charge in [0.15, 0.2) is 0 Å². The summed E-state index contributed by atoms with van der Waals surface area (Å²) in [4.78, 5) is 12.6. The van der Waals surface area contributed by atoms with E-state index in [1.807, 2.05) is 6.92 Å². The summed E-state index contributed by atoms with van der Waals surface area (Å²) >= 11 is 0. The highest BCUT2D eigenvalue weighted by molar-refractivity contribution is 7.92. The predicted molar refractivity (Wildman–Crippen MR) is 114 cm³/mol. The van der Waals surface area contributed by atoms with E-state index in [2.05, 4.69) is 10.0 Å². The minimum Gasteiger partial charge on any atom is -0.326 e.